The highest BCUT2D eigenvalue weighted by Gasteiger charge is 2.36. The third-order valence-corrected chi connectivity index (χ3v) is 5.98. The number of likely N-dealkylation sites (tertiary alicyclic amines) is 1. The molecule has 1 N–H and O–H groups in total. The fourth-order valence-corrected chi connectivity index (χ4v) is 4.17. The maximum absolute atomic E-state index is 13.3. The standard InChI is InChI=1S/C23H20ClF3N6O/c1-14-30-31-21(33(14)13-15-4-7-17(24)8-5-15)20-3-2-10-32(20)22(34)29-18-9-6-16(12-28)19(11-18)23(25,26)27/h4-9,11,20H,2-3,10,13H2,1H3,(H,29,34)/t20-/m1/s1. The molecule has 4 rings (SSSR count). The van der Waals surface area contributed by atoms with Crippen LogP contribution in [0.4, 0.5) is 23.7 Å². The lowest BCUT2D eigenvalue weighted by atomic mass is 10.1. The highest BCUT2D eigenvalue weighted by molar-refractivity contribution is 6.30. The van der Waals surface area contributed by atoms with E-state index in [1.54, 1.807) is 17.0 Å². The largest absolute Gasteiger partial charge is 0.417 e. The molecule has 0 radical (unpaired) electrons. The lowest BCUT2D eigenvalue weighted by Crippen LogP contribution is -2.35. The van der Waals surface area contributed by atoms with Gasteiger partial charge in [0.25, 0.3) is 0 Å². The number of nitrogens with zero attached hydrogens (tertiary/aromatic N) is 5. The second kappa shape index (κ2) is 9.35. The van der Waals surface area contributed by atoms with Gasteiger partial charge in [-0.15, -0.1) is 10.2 Å². The number of urea groups is 1. The highest BCUT2D eigenvalue weighted by Crippen LogP contribution is 2.35. The van der Waals surface area contributed by atoms with Crippen LogP contribution in [0.1, 0.15) is 47.2 Å². The minimum absolute atomic E-state index is 0.0409. The Balaban J connectivity index is 1.56. The van der Waals surface area contributed by atoms with Crippen LogP contribution in [-0.4, -0.2) is 32.2 Å². The summed E-state index contributed by atoms with van der Waals surface area (Å²) in [5.74, 6) is 1.29. The van der Waals surface area contributed by atoms with Crippen molar-refractivity contribution in [3.8, 4) is 6.07 Å². The van der Waals surface area contributed by atoms with E-state index in [0.717, 1.165) is 17.7 Å². The first-order valence-corrected chi connectivity index (χ1v) is 10.9. The molecule has 2 heterocycles. The molecule has 0 spiro atoms. The average Bonchev–Trinajstić information content (AvgIpc) is 3.41. The number of anilines is 1. The number of nitriles is 1. The van der Waals surface area contributed by atoms with Gasteiger partial charge in [-0.2, -0.15) is 18.4 Å². The van der Waals surface area contributed by atoms with E-state index in [2.05, 4.69) is 15.5 Å². The summed E-state index contributed by atoms with van der Waals surface area (Å²) >= 11 is 5.97. The number of carbonyl (C=O) groups excluding carboxylic acids is 1. The summed E-state index contributed by atoms with van der Waals surface area (Å²) in [4.78, 5) is 14.6. The van der Waals surface area contributed by atoms with Crippen molar-refractivity contribution in [1.29, 1.82) is 5.26 Å². The molecule has 1 aliphatic rings. The zero-order valence-electron chi connectivity index (χ0n) is 18.1. The van der Waals surface area contributed by atoms with Crippen molar-refractivity contribution in [2.45, 2.75) is 38.5 Å². The first-order chi connectivity index (χ1) is 16.2. The summed E-state index contributed by atoms with van der Waals surface area (Å²) in [5, 5.41) is 20.6. The number of aromatic nitrogens is 3. The van der Waals surface area contributed by atoms with Crippen LogP contribution in [0.3, 0.4) is 0 Å². The number of alkyl halides is 3. The Morgan fingerprint density at radius 2 is 1.97 bits per heavy atom. The number of halogens is 4. The number of hydrogen-bond donors (Lipinski definition) is 1. The summed E-state index contributed by atoms with van der Waals surface area (Å²) in [7, 11) is 0. The van der Waals surface area contributed by atoms with Gasteiger partial charge in [0.05, 0.1) is 29.8 Å². The molecule has 1 saturated heterocycles. The molecule has 34 heavy (non-hydrogen) atoms. The predicted octanol–water partition coefficient (Wildman–Crippen LogP) is 5.55. The van der Waals surface area contributed by atoms with Gasteiger partial charge in [-0.3, -0.25) is 0 Å². The van der Waals surface area contributed by atoms with E-state index in [4.69, 9.17) is 16.9 Å². The predicted molar refractivity (Wildman–Crippen MR) is 119 cm³/mol. The van der Waals surface area contributed by atoms with Crippen molar-refractivity contribution >= 4 is 23.3 Å². The van der Waals surface area contributed by atoms with Crippen molar-refractivity contribution in [3.63, 3.8) is 0 Å². The number of rotatable bonds is 4. The van der Waals surface area contributed by atoms with Gasteiger partial charge in [-0.1, -0.05) is 23.7 Å². The fraction of sp³-hybridized carbons (Fsp3) is 0.304. The molecule has 1 aliphatic heterocycles. The van der Waals surface area contributed by atoms with Crippen LogP contribution in [0.15, 0.2) is 42.5 Å². The van der Waals surface area contributed by atoms with Crippen molar-refractivity contribution in [2.24, 2.45) is 0 Å². The molecule has 2 amide bonds. The van der Waals surface area contributed by atoms with Gasteiger partial charge in [0.15, 0.2) is 5.82 Å². The Hall–Kier alpha value is -3.58. The van der Waals surface area contributed by atoms with Gasteiger partial charge in [0.2, 0.25) is 0 Å². The molecule has 2 aromatic carbocycles. The zero-order chi connectivity index (χ0) is 24.5. The van der Waals surface area contributed by atoms with E-state index >= 15 is 0 Å². The van der Waals surface area contributed by atoms with Gasteiger partial charge < -0.3 is 14.8 Å². The lowest BCUT2D eigenvalue weighted by molar-refractivity contribution is -0.137. The van der Waals surface area contributed by atoms with E-state index in [1.807, 2.05) is 23.6 Å². The highest BCUT2D eigenvalue weighted by atomic mass is 35.5. The van der Waals surface area contributed by atoms with E-state index in [9.17, 15) is 18.0 Å². The molecule has 0 bridgehead atoms. The number of amides is 2. The lowest BCUT2D eigenvalue weighted by Gasteiger charge is -2.25. The van der Waals surface area contributed by atoms with Crippen LogP contribution >= 0.6 is 11.6 Å². The van der Waals surface area contributed by atoms with Gasteiger partial charge in [0.1, 0.15) is 5.82 Å². The molecule has 0 aliphatic carbocycles. The second-order valence-electron chi connectivity index (χ2n) is 7.97. The Morgan fingerprint density at radius 3 is 2.65 bits per heavy atom. The van der Waals surface area contributed by atoms with Crippen molar-refractivity contribution in [2.75, 3.05) is 11.9 Å². The summed E-state index contributed by atoms with van der Waals surface area (Å²) in [6.07, 6.45) is -3.35. The normalized spacial score (nSPS) is 15.9. The zero-order valence-corrected chi connectivity index (χ0v) is 18.9. The Morgan fingerprint density at radius 1 is 1.24 bits per heavy atom. The van der Waals surface area contributed by atoms with E-state index in [1.165, 1.54) is 12.1 Å². The summed E-state index contributed by atoms with van der Waals surface area (Å²) in [5.41, 5.74) is -0.653. The average molecular weight is 489 g/mol. The van der Waals surface area contributed by atoms with Crippen molar-refractivity contribution in [1.82, 2.24) is 19.7 Å². The first kappa shape index (κ1) is 23.6. The summed E-state index contributed by atoms with van der Waals surface area (Å²) in [6, 6.07) is 11.1. The Kier molecular flexibility index (Phi) is 6.48. The van der Waals surface area contributed by atoms with Crippen LogP contribution in [0.2, 0.25) is 5.02 Å². The molecular weight excluding hydrogens is 469 g/mol. The Bertz CT molecular complexity index is 1250. The number of hydrogen-bond acceptors (Lipinski definition) is 4. The molecule has 7 nitrogen and oxygen atoms in total. The quantitative estimate of drug-likeness (QED) is 0.521. The van der Waals surface area contributed by atoms with Crippen LogP contribution in [0.25, 0.3) is 0 Å². The maximum Gasteiger partial charge on any atom is 0.417 e. The molecule has 176 valence electrons. The SMILES string of the molecule is Cc1nnc([C@H]2CCCN2C(=O)Nc2ccc(C#N)c(C(F)(F)F)c2)n1Cc1ccc(Cl)cc1. The van der Waals surface area contributed by atoms with Crippen molar-refractivity contribution < 1.29 is 18.0 Å². The third-order valence-electron chi connectivity index (χ3n) is 5.73. The van der Waals surface area contributed by atoms with Crippen LogP contribution < -0.4 is 5.32 Å². The fourth-order valence-electron chi connectivity index (χ4n) is 4.04. The molecular formula is C23H20ClF3N6O. The first-order valence-electron chi connectivity index (χ1n) is 10.5. The van der Waals surface area contributed by atoms with Gasteiger partial charge in [-0.25, -0.2) is 4.79 Å². The van der Waals surface area contributed by atoms with E-state index in [0.29, 0.717) is 42.6 Å². The number of nitrogens with one attached hydrogen (secondary N) is 1. The van der Waals surface area contributed by atoms with Crippen molar-refractivity contribution in [3.05, 3.63) is 75.8 Å². The molecule has 1 atom stereocenters. The van der Waals surface area contributed by atoms with E-state index < -0.39 is 23.3 Å². The van der Waals surface area contributed by atoms with Gasteiger partial charge in [0, 0.05) is 17.3 Å². The maximum atomic E-state index is 13.3. The number of carbonyl (C=O) groups is 1. The minimum atomic E-state index is -4.71. The minimum Gasteiger partial charge on any atom is -0.314 e. The second-order valence-corrected chi connectivity index (χ2v) is 8.41. The number of aryl methyl sites for hydroxylation is 1. The van der Waals surface area contributed by atoms with Crippen LogP contribution in [0, 0.1) is 18.3 Å². The summed E-state index contributed by atoms with van der Waals surface area (Å²) < 4.78 is 41.8. The third kappa shape index (κ3) is 4.84. The van der Waals surface area contributed by atoms with Gasteiger partial charge in [-0.05, 0) is 55.7 Å². The monoisotopic (exact) mass is 488 g/mol. The van der Waals surface area contributed by atoms with Gasteiger partial charge >= 0.3 is 12.2 Å². The van der Waals surface area contributed by atoms with Crippen LogP contribution in [-0.2, 0) is 12.7 Å². The molecule has 0 saturated carbocycles. The number of benzene rings is 2. The summed E-state index contributed by atoms with van der Waals surface area (Å²) in [6.45, 7) is 2.73. The molecule has 3 aromatic rings. The topological polar surface area (TPSA) is 86.8 Å². The van der Waals surface area contributed by atoms with Crippen LogP contribution in [0.5, 0.6) is 0 Å². The molecule has 0 unspecified atom stereocenters. The smallest absolute Gasteiger partial charge is 0.314 e. The Labute approximate surface area is 198 Å². The molecule has 1 aromatic heterocycles. The molecule has 11 heteroatoms. The van der Waals surface area contributed by atoms with E-state index in [-0.39, 0.29) is 11.7 Å². The molecule has 1 fully saturated rings.